The van der Waals surface area contributed by atoms with E-state index >= 15 is 0 Å². The van der Waals surface area contributed by atoms with Gasteiger partial charge in [-0.15, -0.1) is 10.2 Å². The predicted molar refractivity (Wildman–Crippen MR) is 152 cm³/mol. The van der Waals surface area contributed by atoms with Crippen LogP contribution in [-0.2, 0) is 28.2 Å². The van der Waals surface area contributed by atoms with Crippen molar-refractivity contribution in [2.24, 2.45) is 0 Å². The lowest BCUT2D eigenvalue weighted by Crippen LogP contribution is -2.38. The molecule has 0 atom stereocenters. The van der Waals surface area contributed by atoms with Crippen LogP contribution in [0.5, 0.6) is 0 Å². The summed E-state index contributed by atoms with van der Waals surface area (Å²) in [4.78, 5) is 33.6. The lowest BCUT2D eigenvalue weighted by molar-refractivity contribution is 0.0575. The molecule has 10 nitrogen and oxygen atoms in total. The quantitative estimate of drug-likeness (QED) is 0.341. The maximum atomic E-state index is 13.5. The molecule has 0 spiro atoms. The minimum absolute atomic E-state index is 0.0957. The van der Waals surface area contributed by atoms with Gasteiger partial charge in [-0.1, -0.05) is 42.2 Å². The van der Waals surface area contributed by atoms with Gasteiger partial charge in [0.2, 0.25) is 0 Å². The smallest absolute Gasteiger partial charge is 0.416 e. The zero-order valence-corrected chi connectivity index (χ0v) is 24.2. The number of pyridine rings is 1. The third-order valence-electron chi connectivity index (χ3n) is 5.73. The Balaban J connectivity index is 1.71. The summed E-state index contributed by atoms with van der Waals surface area (Å²) in [5.74, 6) is -0.0633. The van der Waals surface area contributed by atoms with E-state index in [1.54, 1.807) is 62.1 Å². The third kappa shape index (κ3) is 8.13. The van der Waals surface area contributed by atoms with E-state index in [0.717, 1.165) is 40.2 Å². The second kappa shape index (κ2) is 12.8. The average molecular weight is 572 g/mol. The number of aryl methyl sites for hydroxylation is 1. The van der Waals surface area contributed by atoms with E-state index in [1.165, 1.54) is 11.0 Å². The molecule has 0 aliphatic carbocycles. The number of carboxylic acid groups (broad SMARTS) is 1. The van der Waals surface area contributed by atoms with Crippen LogP contribution in [0.2, 0.25) is 0 Å². The van der Waals surface area contributed by atoms with Crippen LogP contribution in [-0.4, -0.2) is 64.3 Å². The van der Waals surface area contributed by atoms with E-state index in [4.69, 9.17) is 14.5 Å². The number of carbonyl (C=O) groups is 2. The van der Waals surface area contributed by atoms with Crippen molar-refractivity contribution in [1.82, 2.24) is 15.2 Å². The van der Waals surface area contributed by atoms with E-state index < -0.39 is 17.7 Å². The maximum Gasteiger partial charge on any atom is 0.416 e. The van der Waals surface area contributed by atoms with E-state index in [0.29, 0.717) is 30.3 Å². The SMILES string of the molecule is CCc1nnc(SCc2cc(N3CCOCC3)cc(N(Cc3cccc(C(=O)O)c3)C(=O)OC(C)(C)C)n2)s1. The molecule has 4 rings (SSSR count). The highest BCUT2D eigenvalue weighted by Gasteiger charge is 2.26. The second-order valence-corrected chi connectivity index (χ2v) is 12.2. The minimum Gasteiger partial charge on any atom is -0.478 e. The molecule has 12 heteroatoms. The lowest BCUT2D eigenvalue weighted by Gasteiger charge is -2.31. The molecule has 1 fully saturated rings. The van der Waals surface area contributed by atoms with Crippen molar-refractivity contribution in [3.63, 3.8) is 0 Å². The van der Waals surface area contributed by atoms with Crippen LogP contribution in [0, 0.1) is 0 Å². The number of hydrogen-bond acceptors (Lipinski definition) is 10. The van der Waals surface area contributed by atoms with Crippen LogP contribution >= 0.6 is 23.1 Å². The maximum absolute atomic E-state index is 13.5. The van der Waals surface area contributed by atoms with Gasteiger partial charge >= 0.3 is 12.1 Å². The van der Waals surface area contributed by atoms with Gasteiger partial charge in [0, 0.05) is 30.6 Å². The van der Waals surface area contributed by atoms with Crippen LogP contribution in [0.1, 0.15) is 54.3 Å². The van der Waals surface area contributed by atoms with Crippen molar-refractivity contribution >= 4 is 46.7 Å². The minimum atomic E-state index is -1.03. The van der Waals surface area contributed by atoms with Gasteiger partial charge < -0.3 is 19.5 Å². The van der Waals surface area contributed by atoms with Crippen molar-refractivity contribution in [3.8, 4) is 0 Å². The lowest BCUT2D eigenvalue weighted by atomic mass is 10.1. The standard InChI is InChI=1S/C27H33N5O5S2/c1-5-23-29-30-25(39-23)38-17-20-14-21(31-9-11-36-12-10-31)15-22(28-20)32(26(35)37-27(2,3)4)16-18-7-6-8-19(13-18)24(33)34/h6-8,13-15H,5,9-12,16-17H2,1-4H3,(H,33,34). The van der Waals surface area contributed by atoms with Gasteiger partial charge in [-0.25, -0.2) is 14.6 Å². The summed E-state index contributed by atoms with van der Waals surface area (Å²) in [6.07, 6.45) is 0.270. The number of amides is 1. The first kappa shape index (κ1) is 28.8. The highest BCUT2D eigenvalue weighted by molar-refractivity contribution is 8.00. The molecule has 0 unspecified atom stereocenters. The van der Waals surface area contributed by atoms with Gasteiger partial charge in [-0.2, -0.15) is 0 Å². The molecule has 0 bridgehead atoms. The molecule has 1 saturated heterocycles. The zero-order chi connectivity index (χ0) is 28.0. The van der Waals surface area contributed by atoms with Crippen LogP contribution in [0.25, 0.3) is 0 Å². The molecule has 1 aromatic carbocycles. The molecule has 1 N–H and O–H groups in total. The highest BCUT2D eigenvalue weighted by Crippen LogP contribution is 2.31. The number of thioether (sulfide) groups is 1. The summed E-state index contributed by atoms with van der Waals surface area (Å²) >= 11 is 3.12. The summed E-state index contributed by atoms with van der Waals surface area (Å²) in [7, 11) is 0. The number of ether oxygens (including phenoxy) is 2. The number of morpholine rings is 1. The molecular formula is C27H33N5O5S2. The number of anilines is 2. The highest BCUT2D eigenvalue weighted by atomic mass is 32.2. The first-order chi connectivity index (χ1) is 18.6. The summed E-state index contributed by atoms with van der Waals surface area (Å²) in [6, 6.07) is 10.4. The van der Waals surface area contributed by atoms with Crippen LogP contribution in [0.4, 0.5) is 16.3 Å². The topological polar surface area (TPSA) is 118 Å². The number of carboxylic acids is 1. The zero-order valence-electron chi connectivity index (χ0n) is 22.5. The fraction of sp³-hybridized carbons (Fsp3) is 0.444. The molecule has 0 radical (unpaired) electrons. The Morgan fingerprint density at radius 3 is 2.62 bits per heavy atom. The molecule has 2 aromatic heterocycles. The normalized spacial score (nSPS) is 13.8. The number of hydrogen-bond donors (Lipinski definition) is 1. The van der Waals surface area contributed by atoms with Crippen molar-refractivity contribution in [2.45, 2.75) is 56.4 Å². The molecule has 1 aliphatic heterocycles. The first-order valence-electron chi connectivity index (χ1n) is 12.7. The second-order valence-electron chi connectivity index (χ2n) is 9.95. The summed E-state index contributed by atoms with van der Waals surface area (Å²) < 4.78 is 12.2. The van der Waals surface area contributed by atoms with Gasteiger partial charge in [0.05, 0.1) is 31.0 Å². The summed E-state index contributed by atoms with van der Waals surface area (Å²) in [5.41, 5.74) is 1.77. The molecule has 1 aliphatic rings. The average Bonchev–Trinajstić information content (AvgIpc) is 3.38. The Hall–Kier alpha value is -3.22. The van der Waals surface area contributed by atoms with E-state index in [1.807, 2.05) is 19.1 Å². The molecular weight excluding hydrogens is 538 g/mol. The van der Waals surface area contributed by atoms with Crippen molar-refractivity contribution < 1.29 is 24.2 Å². The molecule has 208 valence electrons. The Morgan fingerprint density at radius 1 is 1.18 bits per heavy atom. The Labute approximate surface area is 236 Å². The number of aromatic nitrogens is 3. The number of benzene rings is 1. The number of aromatic carboxylic acids is 1. The fourth-order valence-electron chi connectivity index (χ4n) is 3.89. The van der Waals surface area contributed by atoms with Crippen LogP contribution in [0.3, 0.4) is 0 Å². The number of rotatable bonds is 9. The Kier molecular flexibility index (Phi) is 9.41. The number of carbonyl (C=O) groups excluding carboxylic acids is 1. The largest absolute Gasteiger partial charge is 0.478 e. The van der Waals surface area contributed by atoms with Gasteiger partial charge in [0.1, 0.15) is 16.4 Å². The van der Waals surface area contributed by atoms with Gasteiger partial charge in [0.25, 0.3) is 0 Å². The molecule has 3 heterocycles. The fourth-order valence-corrected chi connectivity index (χ4v) is 5.62. The van der Waals surface area contributed by atoms with Crippen molar-refractivity contribution in [3.05, 3.63) is 58.2 Å². The van der Waals surface area contributed by atoms with Crippen LogP contribution in [0.15, 0.2) is 40.7 Å². The monoisotopic (exact) mass is 571 g/mol. The van der Waals surface area contributed by atoms with Gasteiger partial charge in [0.15, 0.2) is 4.34 Å². The summed E-state index contributed by atoms with van der Waals surface area (Å²) in [6.45, 7) is 10.2. The molecule has 39 heavy (non-hydrogen) atoms. The van der Waals surface area contributed by atoms with Crippen molar-refractivity contribution in [2.75, 3.05) is 36.1 Å². The van der Waals surface area contributed by atoms with E-state index in [2.05, 4.69) is 15.1 Å². The number of nitrogens with zero attached hydrogens (tertiary/aromatic N) is 5. The molecule has 1 amide bonds. The summed E-state index contributed by atoms with van der Waals surface area (Å²) in [5, 5.41) is 18.9. The first-order valence-corrected chi connectivity index (χ1v) is 14.5. The van der Waals surface area contributed by atoms with E-state index in [-0.39, 0.29) is 12.1 Å². The Bertz CT molecular complexity index is 1300. The predicted octanol–water partition coefficient (Wildman–Crippen LogP) is 5.26. The van der Waals surface area contributed by atoms with E-state index in [9.17, 15) is 14.7 Å². The van der Waals surface area contributed by atoms with Gasteiger partial charge in [-0.3, -0.25) is 4.90 Å². The Morgan fingerprint density at radius 2 is 1.95 bits per heavy atom. The third-order valence-corrected chi connectivity index (χ3v) is 7.96. The molecule has 0 saturated carbocycles. The van der Waals surface area contributed by atoms with Crippen molar-refractivity contribution in [1.29, 1.82) is 0 Å². The van der Waals surface area contributed by atoms with Gasteiger partial charge in [-0.05, 0) is 51.0 Å². The van der Waals surface area contributed by atoms with Crippen LogP contribution < -0.4 is 9.80 Å². The molecule has 3 aromatic rings.